The number of aryl methyl sites for hydroxylation is 1. The van der Waals surface area contributed by atoms with Gasteiger partial charge in [-0.25, -0.2) is 4.98 Å². The molecule has 4 nitrogen and oxygen atoms in total. The summed E-state index contributed by atoms with van der Waals surface area (Å²) in [6, 6.07) is 19.9. The highest BCUT2D eigenvalue weighted by Crippen LogP contribution is 2.39. The molecule has 4 heteroatoms. The summed E-state index contributed by atoms with van der Waals surface area (Å²) in [4.78, 5) is 4.58. The predicted molar refractivity (Wildman–Crippen MR) is 116 cm³/mol. The van der Waals surface area contributed by atoms with Gasteiger partial charge in [-0.15, -0.1) is 0 Å². The summed E-state index contributed by atoms with van der Waals surface area (Å²) in [5.41, 5.74) is 10.8. The minimum atomic E-state index is 0.324. The molecule has 29 heavy (non-hydrogen) atoms. The molecule has 4 rings (SSSR count). The van der Waals surface area contributed by atoms with Crippen LogP contribution in [-0.2, 0) is 12.8 Å². The summed E-state index contributed by atoms with van der Waals surface area (Å²) in [7, 11) is 0. The number of nitrogens with zero attached hydrogens (tertiary/aromatic N) is 2. The number of benzene rings is 2. The van der Waals surface area contributed by atoms with Gasteiger partial charge in [0.15, 0.2) is 0 Å². The third-order valence-corrected chi connectivity index (χ3v) is 5.60. The Labute approximate surface area is 172 Å². The van der Waals surface area contributed by atoms with E-state index in [1.165, 1.54) is 18.4 Å². The van der Waals surface area contributed by atoms with Crippen LogP contribution in [-0.4, -0.2) is 4.98 Å². The Balaban J connectivity index is 1.79. The number of hydrogen-bond acceptors (Lipinski definition) is 4. The number of fused-ring (bicyclic) bond motifs is 1. The molecule has 1 aliphatic carbocycles. The number of rotatable bonds is 5. The molecular weight excluding hydrogens is 358 g/mol. The molecule has 0 spiro atoms. The van der Waals surface area contributed by atoms with Gasteiger partial charge in [0.25, 0.3) is 0 Å². The summed E-state index contributed by atoms with van der Waals surface area (Å²) >= 11 is 0. The lowest BCUT2D eigenvalue weighted by molar-refractivity contribution is 0.419. The fourth-order valence-corrected chi connectivity index (χ4v) is 4.28. The van der Waals surface area contributed by atoms with E-state index in [4.69, 9.17) is 10.5 Å². The van der Waals surface area contributed by atoms with Crippen LogP contribution in [0.25, 0.3) is 11.1 Å². The van der Waals surface area contributed by atoms with Gasteiger partial charge in [0.05, 0.1) is 0 Å². The maximum absolute atomic E-state index is 9.83. The van der Waals surface area contributed by atoms with Crippen LogP contribution in [0.5, 0.6) is 11.5 Å². The molecule has 0 bridgehead atoms. The highest BCUT2D eigenvalue weighted by molar-refractivity contribution is 5.80. The molecule has 0 fully saturated rings. The third kappa shape index (κ3) is 3.95. The van der Waals surface area contributed by atoms with Gasteiger partial charge in [0, 0.05) is 11.3 Å². The maximum atomic E-state index is 9.83. The molecule has 146 valence electrons. The lowest BCUT2D eigenvalue weighted by Gasteiger charge is -2.27. The van der Waals surface area contributed by atoms with Gasteiger partial charge in [-0.05, 0) is 60.6 Å². The van der Waals surface area contributed by atoms with Crippen LogP contribution in [0.4, 0.5) is 5.82 Å². The number of nitriles is 1. The Hall–Kier alpha value is -3.32. The van der Waals surface area contributed by atoms with Crippen LogP contribution in [0.2, 0.25) is 0 Å². The molecule has 1 unspecified atom stereocenters. The fraction of sp³-hybridized carbons (Fsp3) is 0.280. The molecular formula is C25H25N3O. The van der Waals surface area contributed by atoms with Crippen molar-refractivity contribution in [2.75, 3.05) is 5.73 Å². The number of anilines is 1. The smallest absolute Gasteiger partial charge is 0.142 e. The van der Waals surface area contributed by atoms with Crippen LogP contribution in [0.15, 0.2) is 54.6 Å². The first-order valence-corrected chi connectivity index (χ1v) is 10.2. The Morgan fingerprint density at radius 2 is 1.93 bits per heavy atom. The third-order valence-electron chi connectivity index (χ3n) is 5.60. The van der Waals surface area contributed by atoms with E-state index in [0.29, 0.717) is 17.3 Å². The fourth-order valence-electron chi connectivity index (χ4n) is 4.28. The van der Waals surface area contributed by atoms with Crippen LogP contribution in [0, 0.1) is 17.2 Å². The van der Waals surface area contributed by atoms with Crippen molar-refractivity contribution in [3.8, 4) is 28.7 Å². The van der Waals surface area contributed by atoms with E-state index in [2.05, 4.69) is 18.0 Å². The van der Waals surface area contributed by atoms with E-state index in [9.17, 15) is 5.26 Å². The Bertz CT molecular complexity index is 1050. The Morgan fingerprint density at radius 3 is 2.69 bits per heavy atom. The molecule has 1 heterocycles. The number of ether oxygens (including phenoxy) is 1. The van der Waals surface area contributed by atoms with E-state index in [1.54, 1.807) is 0 Å². The lowest BCUT2D eigenvalue weighted by Crippen LogP contribution is -2.18. The van der Waals surface area contributed by atoms with Gasteiger partial charge in [-0.3, -0.25) is 0 Å². The van der Waals surface area contributed by atoms with Crippen molar-refractivity contribution in [3.63, 3.8) is 0 Å². The minimum absolute atomic E-state index is 0.324. The molecule has 1 aromatic heterocycles. The van der Waals surface area contributed by atoms with E-state index in [0.717, 1.165) is 47.6 Å². The molecule has 0 radical (unpaired) electrons. The second kappa shape index (κ2) is 8.36. The summed E-state index contributed by atoms with van der Waals surface area (Å²) in [6.45, 7) is 2.22. The number of pyridine rings is 1. The average Bonchev–Trinajstić information content (AvgIpc) is 2.74. The van der Waals surface area contributed by atoms with Gasteiger partial charge < -0.3 is 10.5 Å². The van der Waals surface area contributed by atoms with Gasteiger partial charge >= 0.3 is 0 Å². The first kappa shape index (κ1) is 19.0. The van der Waals surface area contributed by atoms with Crippen LogP contribution >= 0.6 is 0 Å². The van der Waals surface area contributed by atoms with Crippen LogP contribution in [0.3, 0.4) is 0 Å². The van der Waals surface area contributed by atoms with Crippen LogP contribution in [0.1, 0.15) is 43.0 Å². The van der Waals surface area contributed by atoms with E-state index in [-0.39, 0.29) is 0 Å². The quantitative estimate of drug-likeness (QED) is 0.595. The molecule has 0 saturated heterocycles. The van der Waals surface area contributed by atoms with Crippen molar-refractivity contribution in [1.82, 2.24) is 4.98 Å². The van der Waals surface area contributed by atoms with E-state index >= 15 is 0 Å². The highest BCUT2D eigenvalue weighted by atomic mass is 16.5. The lowest BCUT2D eigenvalue weighted by atomic mass is 9.79. The molecule has 1 aliphatic rings. The second-order valence-corrected chi connectivity index (χ2v) is 7.62. The van der Waals surface area contributed by atoms with Gasteiger partial charge in [0.1, 0.15) is 28.9 Å². The molecule has 0 amide bonds. The van der Waals surface area contributed by atoms with Crippen molar-refractivity contribution in [3.05, 3.63) is 71.4 Å². The van der Waals surface area contributed by atoms with Crippen molar-refractivity contribution in [2.45, 2.75) is 39.0 Å². The summed E-state index contributed by atoms with van der Waals surface area (Å²) < 4.78 is 6.02. The molecule has 3 aromatic rings. The van der Waals surface area contributed by atoms with Crippen molar-refractivity contribution in [1.29, 1.82) is 5.26 Å². The highest BCUT2D eigenvalue weighted by Gasteiger charge is 2.26. The molecule has 1 atom stereocenters. The number of nitrogen functional groups attached to an aromatic ring is 1. The summed E-state index contributed by atoms with van der Waals surface area (Å²) in [6.07, 6.45) is 5.37. The largest absolute Gasteiger partial charge is 0.457 e. The zero-order chi connectivity index (χ0) is 20.2. The number of hydrogen-bond donors (Lipinski definition) is 1. The number of aromatic nitrogens is 1. The molecule has 0 aliphatic heterocycles. The monoisotopic (exact) mass is 383 g/mol. The maximum Gasteiger partial charge on any atom is 0.142 e. The Morgan fingerprint density at radius 1 is 1.14 bits per heavy atom. The van der Waals surface area contributed by atoms with E-state index < -0.39 is 0 Å². The molecule has 0 saturated carbocycles. The Kier molecular flexibility index (Phi) is 5.48. The molecule has 2 N–H and O–H groups in total. The SMILES string of the molecule is CCCC1CCc2nc(N)c(C#N)c(-c3cccc(Oc4ccccc4)c3)c2C1. The van der Waals surface area contributed by atoms with E-state index in [1.807, 2.05) is 54.6 Å². The zero-order valence-corrected chi connectivity index (χ0v) is 16.7. The number of nitrogens with two attached hydrogens (primary N) is 1. The standard InChI is InChI=1S/C25H25N3O/c1-2-7-17-12-13-23-21(14-17)24(22(16-26)25(27)28-23)18-8-6-11-20(15-18)29-19-9-4-3-5-10-19/h3-6,8-11,15,17H,2,7,12-14H2,1H3,(H2,27,28). The van der Waals surface area contributed by atoms with Gasteiger partial charge in [0.2, 0.25) is 0 Å². The molecule has 2 aromatic carbocycles. The first-order chi connectivity index (χ1) is 14.2. The van der Waals surface area contributed by atoms with Crippen molar-refractivity contribution in [2.24, 2.45) is 5.92 Å². The van der Waals surface area contributed by atoms with Gasteiger partial charge in [-0.2, -0.15) is 5.26 Å². The summed E-state index contributed by atoms with van der Waals surface area (Å²) in [5, 5.41) is 9.83. The first-order valence-electron chi connectivity index (χ1n) is 10.2. The summed E-state index contributed by atoms with van der Waals surface area (Å²) in [5.74, 6) is 2.48. The van der Waals surface area contributed by atoms with Gasteiger partial charge in [-0.1, -0.05) is 50.1 Å². The van der Waals surface area contributed by atoms with Crippen molar-refractivity contribution < 1.29 is 4.74 Å². The zero-order valence-electron chi connectivity index (χ0n) is 16.7. The number of para-hydroxylation sites is 1. The average molecular weight is 383 g/mol. The second-order valence-electron chi connectivity index (χ2n) is 7.62. The normalized spacial score (nSPS) is 15.4. The topological polar surface area (TPSA) is 71.9 Å². The van der Waals surface area contributed by atoms with Crippen molar-refractivity contribution >= 4 is 5.82 Å². The minimum Gasteiger partial charge on any atom is -0.457 e. The predicted octanol–water partition coefficient (Wildman–Crippen LogP) is 5.90. The van der Waals surface area contributed by atoms with Crippen LogP contribution < -0.4 is 10.5 Å².